The van der Waals surface area contributed by atoms with E-state index in [1.807, 2.05) is 6.20 Å². The molecule has 2 rings (SSSR count). The predicted octanol–water partition coefficient (Wildman–Crippen LogP) is 2.75. The summed E-state index contributed by atoms with van der Waals surface area (Å²) in [4.78, 5) is 5.32. The van der Waals surface area contributed by atoms with Gasteiger partial charge in [-0.2, -0.15) is 0 Å². The molecule has 0 aliphatic heterocycles. The SMILES string of the molecule is Clc1ncc(CC2CC2)s1. The molecule has 0 unspecified atom stereocenters. The molecule has 1 aromatic rings. The zero-order valence-electron chi connectivity index (χ0n) is 5.51. The van der Waals surface area contributed by atoms with Crippen molar-refractivity contribution in [2.45, 2.75) is 19.3 Å². The molecule has 1 aliphatic carbocycles. The largest absolute Gasteiger partial charge is 0.233 e. The van der Waals surface area contributed by atoms with Gasteiger partial charge >= 0.3 is 0 Å². The molecule has 1 nitrogen and oxygen atoms in total. The molecule has 0 bridgehead atoms. The van der Waals surface area contributed by atoms with Crippen LogP contribution in [0.1, 0.15) is 17.7 Å². The summed E-state index contributed by atoms with van der Waals surface area (Å²) in [7, 11) is 0. The first-order chi connectivity index (χ1) is 4.84. The van der Waals surface area contributed by atoms with Gasteiger partial charge in [0.15, 0.2) is 4.47 Å². The van der Waals surface area contributed by atoms with Gasteiger partial charge in [-0.25, -0.2) is 4.98 Å². The number of hydrogen-bond donors (Lipinski definition) is 0. The van der Waals surface area contributed by atoms with Crippen molar-refractivity contribution in [3.63, 3.8) is 0 Å². The van der Waals surface area contributed by atoms with Crippen LogP contribution in [0, 0.1) is 5.92 Å². The van der Waals surface area contributed by atoms with E-state index in [2.05, 4.69) is 4.98 Å². The third-order valence-corrected chi connectivity index (χ3v) is 2.85. The average molecular weight is 174 g/mol. The first-order valence-electron chi connectivity index (χ1n) is 3.45. The van der Waals surface area contributed by atoms with E-state index < -0.39 is 0 Å². The highest BCUT2D eigenvalue weighted by Gasteiger charge is 2.22. The van der Waals surface area contributed by atoms with E-state index in [0.29, 0.717) is 4.47 Å². The van der Waals surface area contributed by atoms with Gasteiger partial charge in [-0.3, -0.25) is 0 Å². The molecule has 1 heterocycles. The van der Waals surface area contributed by atoms with Crippen molar-refractivity contribution in [1.29, 1.82) is 0 Å². The van der Waals surface area contributed by atoms with Crippen LogP contribution in [0.15, 0.2) is 6.20 Å². The number of rotatable bonds is 2. The number of aromatic nitrogens is 1. The Labute approximate surface area is 69.0 Å². The molecule has 54 valence electrons. The van der Waals surface area contributed by atoms with E-state index in [1.54, 1.807) is 11.3 Å². The highest BCUT2D eigenvalue weighted by Crippen LogP contribution is 2.34. The zero-order valence-corrected chi connectivity index (χ0v) is 7.08. The quantitative estimate of drug-likeness (QED) is 0.670. The minimum absolute atomic E-state index is 0.677. The van der Waals surface area contributed by atoms with Crippen molar-refractivity contribution in [2.24, 2.45) is 5.92 Å². The monoisotopic (exact) mass is 173 g/mol. The van der Waals surface area contributed by atoms with Crippen LogP contribution in [0.3, 0.4) is 0 Å². The molecule has 0 N–H and O–H groups in total. The summed E-state index contributed by atoms with van der Waals surface area (Å²) in [5.41, 5.74) is 0. The van der Waals surface area contributed by atoms with Crippen LogP contribution in [0.5, 0.6) is 0 Å². The van der Waals surface area contributed by atoms with Crippen LogP contribution >= 0.6 is 22.9 Å². The molecule has 0 saturated heterocycles. The van der Waals surface area contributed by atoms with Gasteiger partial charge in [-0.1, -0.05) is 11.6 Å². The Balaban J connectivity index is 2.03. The van der Waals surface area contributed by atoms with Gasteiger partial charge in [0.2, 0.25) is 0 Å². The van der Waals surface area contributed by atoms with Crippen LogP contribution in [-0.2, 0) is 6.42 Å². The Morgan fingerprint density at radius 2 is 2.50 bits per heavy atom. The van der Waals surface area contributed by atoms with E-state index in [9.17, 15) is 0 Å². The Morgan fingerprint density at radius 3 is 3.00 bits per heavy atom. The number of thiazole rings is 1. The number of hydrogen-bond acceptors (Lipinski definition) is 2. The lowest BCUT2D eigenvalue weighted by Crippen LogP contribution is -1.79. The van der Waals surface area contributed by atoms with Crippen LogP contribution in [-0.4, -0.2) is 4.98 Å². The van der Waals surface area contributed by atoms with Gasteiger partial charge in [-0.05, 0) is 25.2 Å². The molecule has 10 heavy (non-hydrogen) atoms. The first kappa shape index (κ1) is 6.62. The van der Waals surface area contributed by atoms with Crippen molar-refractivity contribution in [1.82, 2.24) is 4.98 Å². The van der Waals surface area contributed by atoms with Crippen LogP contribution in [0.25, 0.3) is 0 Å². The predicted molar refractivity (Wildman–Crippen MR) is 43.6 cm³/mol. The third kappa shape index (κ3) is 1.50. The maximum absolute atomic E-state index is 5.67. The molecule has 1 aliphatic rings. The second-order valence-corrected chi connectivity index (χ2v) is 4.42. The summed E-state index contributed by atoms with van der Waals surface area (Å²) in [5.74, 6) is 0.941. The fourth-order valence-electron chi connectivity index (χ4n) is 0.984. The third-order valence-electron chi connectivity index (χ3n) is 1.71. The highest BCUT2D eigenvalue weighted by molar-refractivity contribution is 7.15. The van der Waals surface area contributed by atoms with Gasteiger partial charge in [0.25, 0.3) is 0 Å². The Morgan fingerprint density at radius 1 is 1.70 bits per heavy atom. The molecule has 0 spiro atoms. The Hall–Kier alpha value is -0.0800. The second-order valence-electron chi connectivity index (χ2n) is 2.73. The minimum Gasteiger partial charge on any atom is -0.233 e. The molecule has 3 heteroatoms. The van der Waals surface area contributed by atoms with Gasteiger partial charge < -0.3 is 0 Å². The molecule has 0 radical (unpaired) electrons. The summed E-state index contributed by atoms with van der Waals surface area (Å²) >= 11 is 7.28. The van der Waals surface area contributed by atoms with Gasteiger partial charge in [0.05, 0.1) is 0 Å². The first-order valence-corrected chi connectivity index (χ1v) is 4.64. The summed E-state index contributed by atoms with van der Waals surface area (Å²) in [6.45, 7) is 0. The van der Waals surface area contributed by atoms with Gasteiger partial charge in [0.1, 0.15) is 0 Å². The number of nitrogens with zero attached hydrogens (tertiary/aromatic N) is 1. The summed E-state index contributed by atoms with van der Waals surface area (Å²) in [6, 6.07) is 0. The lowest BCUT2D eigenvalue weighted by atomic mass is 10.3. The fourth-order valence-corrected chi connectivity index (χ4v) is 2.08. The Kier molecular flexibility index (Phi) is 1.66. The second kappa shape index (κ2) is 2.51. The van der Waals surface area contributed by atoms with Crippen molar-refractivity contribution in [2.75, 3.05) is 0 Å². The minimum atomic E-state index is 0.677. The summed E-state index contributed by atoms with van der Waals surface area (Å²) in [6.07, 6.45) is 5.89. The molecular weight excluding hydrogens is 166 g/mol. The fraction of sp³-hybridized carbons (Fsp3) is 0.571. The molecule has 1 aromatic heterocycles. The normalized spacial score (nSPS) is 17.7. The molecule has 0 amide bonds. The molecular formula is C7H8ClNS. The van der Waals surface area contributed by atoms with E-state index in [4.69, 9.17) is 11.6 Å². The van der Waals surface area contributed by atoms with Gasteiger partial charge in [0, 0.05) is 11.1 Å². The summed E-state index contributed by atoms with van der Waals surface area (Å²) in [5, 5.41) is 0. The van der Waals surface area contributed by atoms with Crippen molar-refractivity contribution in [3.8, 4) is 0 Å². The van der Waals surface area contributed by atoms with E-state index in [0.717, 1.165) is 5.92 Å². The van der Waals surface area contributed by atoms with E-state index in [1.165, 1.54) is 24.1 Å². The molecule has 1 fully saturated rings. The van der Waals surface area contributed by atoms with Crippen molar-refractivity contribution in [3.05, 3.63) is 15.5 Å². The lowest BCUT2D eigenvalue weighted by Gasteiger charge is -1.87. The van der Waals surface area contributed by atoms with E-state index >= 15 is 0 Å². The van der Waals surface area contributed by atoms with E-state index in [-0.39, 0.29) is 0 Å². The van der Waals surface area contributed by atoms with Crippen molar-refractivity contribution < 1.29 is 0 Å². The maximum atomic E-state index is 5.67. The van der Waals surface area contributed by atoms with Crippen LogP contribution in [0.4, 0.5) is 0 Å². The zero-order chi connectivity index (χ0) is 6.97. The molecule has 0 atom stereocenters. The van der Waals surface area contributed by atoms with Crippen molar-refractivity contribution >= 4 is 22.9 Å². The average Bonchev–Trinajstić information content (AvgIpc) is 2.59. The van der Waals surface area contributed by atoms with Gasteiger partial charge in [-0.15, -0.1) is 11.3 Å². The topological polar surface area (TPSA) is 12.9 Å². The summed E-state index contributed by atoms with van der Waals surface area (Å²) < 4.78 is 0.677. The Bertz CT molecular complexity index is 229. The molecule has 0 aromatic carbocycles. The highest BCUT2D eigenvalue weighted by atomic mass is 35.5. The van der Waals surface area contributed by atoms with Crippen LogP contribution in [0.2, 0.25) is 4.47 Å². The van der Waals surface area contributed by atoms with Crippen LogP contribution < -0.4 is 0 Å². The number of halogens is 1. The standard InChI is InChI=1S/C7H8ClNS/c8-7-9-4-6(10-7)3-5-1-2-5/h4-5H,1-3H2. The maximum Gasteiger partial charge on any atom is 0.183 e. The lowest BCUT2D eigenvalue weighted by molar-refractivity contribution is 0.844. The smallest absolute Gasteiger partial charge is 0.183 e. The molecule has 1 saturated carbocycles.